The first-order valence-electron chi connectivity index (χ1n) is 6.99. The lowest BCUT2D eigenvalue weighted by molar-refractivity contribution is 0.0732. The average Bonchev–Trinajstić information content (AvgIpc) is 2.94. The fourth-order valence-corrected chi connectivity index (χ4v) is 2.72. The third-order valence-corrected chi connectivity index (χ3v) is 3.78. The standard InChI is InChI=1S/C15H21FN2O3.ClH/c1-17-9-10-5-4-6-18(10)15(19)11-7-13(20-2)14(21-3)8-12(11)16;/h7-8,10,17H,4-6,9H2,1-3H3;1H. The van der Waals surface area contributed by atoms with Crippen LogP contribution in [0.3, 0.4) is 0 Å². The minimum Gasteiger partial charge on any atom is -0.493 e. The Morgan fingerprint density at radius 2 is 2.00 bits per heavy atom. The third-order valence-electron chi connectivity index (χ3n) is 3.78. The van der Waals surface area contributed by atoms with Gasteiger partial charge in [-0.15, -0.1) is 12.4 Å². The van der Waals surface area contributed by atoms with E-state index in [1.54, 1.807) is 4.90 Å². The molecule has 1 saturated heterocycles. The lowest BCUT2D eigenvalue weighted by atomic mass is 10.1. The molecule has 0 aliphatic carbocycles. The molecule has 1 aromatic rings. The van der Waals surface area contributed by atoms with E-state index in [1.165, 1.54) is 26.4 Å². The molecule has 1 N–H and O–H groups in total. The Morgan fingerprint density at radius 3 is 2.59 bits per heavy atom. The maximum atomic E-state index is 14.2. The third kappa shape index (κ3) is 3.62. The van der Waals surface area contributed by atoms with E-state index in [2.05, 4.69) is 5.32 Å². The molecule has 0 radical (unpaired) electrons. The molecule has 1 heterocycles. The Kier molecular flexibility index (Phi) is 6.90. The number of ether oxygens (including phenoxy) is 2. The SMILES string of the molecule is CNCC1CCCN1C(=O)c1cc(OC)c(OC)cc1F.Cl. The van der Waals surface area contributed by atoms with Gasteiger partial charge in [0.25, 0.3) is 5.91 Å². The maximum absolute atomic E-state index is 14.2. The highest BCUT2D eigenvalue weighted by molar-refractivity contribution is 5.95. The van der Waals surface area contributed by atoms with E-state index in [9.17, 15) is 9.18 Å². The summed E-state index contributed by atoms with van der Waals surface area (Å²) in [7, 11) is 4.74. The van der Waals surface area contributed by atoms with E-state index in [4.69, 9.17) is 9.47 Å². The molecule has 1 unspecified atom stereocenters. The van der Waals surface area contributed by atoms with E-state index in [0.29, 0.717) is 18.8 Å². The number of amides is 1. The molecule has 2 rings (SSSR count). The number of nitrogens with one attached hydrogen (secondary N) is 1. The summed E-state index contributed by atoms with van der Waals surface area (Å²) in [5, 5.41) is 3.07. The average molecular weight is 333 g/mol. The van der Waals surface area contributed by atoms with Gasteiger partial charge in [0.15, 0.2) is 11.5 Å². The van der Waals surface area contributed by atoms with Gasteiger partial charge >= 0.3 is 0 Å². The zero-order chi connectivity index (χ0) is 15.4. The van der Waals surface area contributed by atoms with Gasteiger partial charge in [0.2, 0.25) is 0 Å². The summed E-state index contributed by atoms with van der Waals surface area (Å²) in [5.74, 6) is -0.259. The summed E-state index contributed by atoms with van der Waals surface area (Å²) >= 11 is 0. The van der Waals surface area contributed by atoms with Crippen LogP contribution < -0.4 is 14.8 Å². The molecule has 1 aliphatic heterocycles. The van der Waals surface area contributed by atoms with Crippen LogP contribution in [0.15, 0.2) is 12.1 Å². The highest BCUT2D eigenvalue weighted by Crippen LogP contribution is 2.31. The van der Waals surface area contributed by atoms with Crippen molar-refractivity contribution in [2.45, 2.75) is 18.9 Å². The fraction of sp³-hybridized carbons (Fsp3) is 0.533. The summed E-state index contributed by atoms with van der Waals surface area (Å²) in [4.78, 5) is 14.3. The van der Waals surface area contributed by atoms with E-state index in [1.807, 2.05) is 7.05 Å². The monoisotopic (exact) mass is 332 g/mol. The van der Waals surface area contributed by atoms with Crippen molar-refractivity contribution in [1.82, 2.24) is 10.2 Å². The molecule has 5 nitrogen and oxygen atoms in total. The second-order valence-corrected chi connectivity index (χ2v) is 5.04. The van der Waals surface area contributed by atoms with Crippen LogP contribution in [0.4, 0.5) is 4.39 Å². The van der Waals surface area contributed by atoms with Crippen molar-refractivity contribution in [3.8, 4) is 11.5 Å². The van der Waals surface area contributed by atoms with Crippen molar-refractivity contribution >= 4 is 18.3 Å². The molecule has 1 aromatic carbocycles. The van der Waals surface area contributed by atoms with Crippen LogP contribution in [-0.4, -0.2) is 51.2 Å². The lowest BCUT2D eigenvalue weighted by Gasteiger charge is -2.25. The molecule has 0 bridgehead atoms. The number of hydrogen-bond acceptors (Lipinski definition) is 4. The van der Waals surface area contributed by atoms with Crippen molar-refractivity contribution in [3.63, 3.8) is 0 Å². The highest BCUT2D eigenvalue weighted by atomic mass is 35.5. The van der Waals surface area contributed by atoms with Gasteiger partial charge in [-0.1, -0.05) is 0 Å². The minimum absolute atomic E-state index is 0. The molecule has 1 fully saturated rings. The number of likely N-dealkylation sites (N-methyl/N-ethyl adjacent to an activating group) is 1. The first-order chi connectivity index (χ1) is 10.1. The van der Waals surface area contributed by atoms with Gasteiger partial charge in [0.1, 0.15) is 5.82 Å². The van der Waals surface area contributed by atoms with E-state index in [-0.39, 0.29) is 35.7 Å². The second-order valence-electron chi connectivity index (χ2n) is 5.04. The molecule has 1 aliphatic rings. The number of carbonyl (C=O) groups excluding carboxylic acids is 1. The molecular weight excluding hydrogens is 311 g/mol. The number of methoxy groups -OCH3 is 2. The molecule has 7 heteroatoms. The van der Waals surface area contributed by atoms with Gasteiger partial charge in [-0.3, -0.25) is 4.79 Å². The molecule has 0 spiro atoms. The molecule has 0 aromatic heterocycles. The molecule has 124 valence electrons. The molecule has 1 amide bonds. The van der Waals surface area contributed by atoms with Crippen molar-refractivity contribution in [3.05, 3.63) is 23.5 Å². The molecule has 0 saturated carbocycles. The van der Waals surface area contributed by atoms with E-state index in [0.717, 1.165) is 12.8 Å². The van der Waals surface area contributed by atoms with Crippen LogP contribution in [0.25, 0.3) is 0 Å². The Hall–Kier alpha value is -1.53. The van der Waals surface area contributed by atoms with Crippen LogP contribution in [0.1, 0.15) is 23.2 Å². The van der Waals surface area contributed by atoms with Crippen molar-refractivity contribution in [2.75, 3.05) is 34.4 Å². The van der Waals surface area contributed by atoms with Crippen LogP contribution in [0.2, 0.25) is 0 Å². The quantitative estimate of drug-likeness (QED) is 0.897. The Morgan fingerprint density at radius 1 is 1.36 bits per heavy atom. The summed E-state index contributed by atoms with van der Waals surface area (Å²) in [6.45, 7) is 1.36. The number of halogens is 2. The largest absolute Gasteiger partial charge is 0.493 e. The van der Waals surface area contributed by atoms with Crippen molar-refractivity contribution < 1.29 is 18.7 Å². The zero-order valence-corrected chi connectivity index (χ0v) is 13.8. The predicted octanol–water partition coefficient (Wildman–Crippen LogP) is 2.09. The number of benzene rings is 1. The van der Waals surface area contributed by atoms with Crippen LogP contribution in [0.5, 0.6) is 11.5 Å². The Balaban J connectivity index is 0.00000242. The summed E-state index contributed by atoms with van der Waals surface area (Å²) in [5.41, 5.74) is 0.0238. The number of rotatable bonds is 5. The highest BCUT2D eigenvalue weighted by Gasteiger charge is 2.31. The topological polar surface area (TPSA) is 50.8 Å². The van der Waals surface area contributed by atoms with Gasteiger partial charge in [0.05, 0.1) is 19.8 Å². The number of hydrogen-bond donors (Lipinski definition) is 1. The first-order valence-corrected chi connectivity index (χ1v) is 6.99. The molecular formula is C15H22ClFN2O3. The predicted molar refractivity (Wildman–Crippen MR) is 84.7 cm³/mol. The Labute approximate surface area is 136 Å². The molecule has 22 heavy (non-hydrogen) atoms. The summed E-state index contributed by atoms with van der Waals surface area (Å²) in [6.07, 6.45) is 1.87. The lowest BCUT2D eigenvalue weighted by Crippen LogP contribution is -2.41. The molecule has 1 atom stereocenters. The van der Waals surface area contributed by atoms with Gasteiger partial charge in [-0.25, -0.2) is 4.39 Å². The number of nitrogens with zero attached hydrogens (tertiary/aromatic N) is 1. The Bertz CT molecular complexity index is 528. The van der Waals surface area contributed by atoms with E-state index < -0.39 is 5.82 Å². The zero-order valence-electron chi connectivity index (χ0n) is 13.0. The fourth-order valence-electron chi connectivity index (χ4n) is 2.72. The second kappa shape index (κ2) is 8.19. The van der Waals surface area contributed by atoms with Crippen LogP contribution >= 0.6 is 12.4 Å². The normalized spacial score (nSPS) is 17.1. The van der Waals surface area contributed by atoms with Gasteiger partial charge < -0.3 is 19.7 Å². The van der Waals surface area contributed by atoms with Gasteiger partial charge in [-0.05, 0) is 26.0 Å². The van der Waals surface area contributed by atoms with Crippen molar-refractivity contribution in [1.29, 1.82) is 0 Å². The summed E-state index contributed by atoms with van der Waals surface area (Å²) < 4.78 is 24.4. The van der Waals surface area contributed by atoms with Gasteiger partial charge in [-0.2, -0.15) is 0 Å². The van der Waals surface area contributed by atoms with Gasteiger partial charge in [0, 0.05) is 25.2 Å². The number of likely N-dealkylation sites (tertiary alicyclic amines) is 1. The van der Waals surface area contributed by atoms with Crippen LogP contribution in [-0.2, 0) is 0 Å². The van der Waals surface area contributed by atoms with Crippen molar-refractivity contribution in [2.24, 2.45) is 0 Å². The smallest absolute Gasteiger partial charge is 0.257 e. The minimum atomic E-state index is -0.590. The van der Waals surface area contributed by atoms with Crippen LogP contribution in [0, 0.1) is 5.82 Å². The maximum Gasteiger partial charge on any atom is 0.257 e. The first kappa shape index (κ1) is 18.5. The van der Waals surface area contributed by atoms with E-state index >= 15 is 0 Å². The number of carbonyl (C=O) groups is 1. The summed E-state index contributed by atoms with van der Waals surface area (Å²) in [6, 6.07) is 2.70.